The van der Waals surface area contributed by atoms with Crippen LogP contribution in [0.15, 0.2) is 69.4 Å². The van der Waals surface area contributed by atoms with Crippen molar-refractivity contribution in [1.82, 2.24) is 16.1 Å². The van der Waals surface area contributed by atoms with Gasteiger partial charge in [0.25, 0.3) is 0 Å². The van der Waals surface area contributed by atoms with Gasteiger partial charge in [-0.2, -0.15) is 5.10 Å². The number of amides is 2. The van der Waals surface area contributed by atoms with Crippen LogP contribution in [0.2, 0.25) is 10.0 Å². The number of benzene rings is 3. The van der Waals surface area contributed by atoms with Crippen molar-refractivity contribution >= 4 is 57.3 Å². The minimum Gasteiger partial charge on any atom is -0.493 e. The van der Waals surface area contributed by atoms with Crippen molar-refractivity contribution in [3.05, 3.63) is 91.0 Å². The molecular formula is C32H33BrCl2N4O8. The van der Waals surface area contributed by atoms with Crippen molar-refractivity contribution in [2.45, 2.75) is 32.7 Å². The summed E-state index contributed by atoms with van der Waals surface area (Å²) in [5.74, 6) is 1.05. The number of rotatable bonds is 14. The van der Waals surface area contributed by atoms with Gasteiger partial charge in [0.2, 0.25) is 0 Å². The summed E-state index contributed by atoms with van der Waals surface area (Å²) < 4.78 is 28.6. The third-order valence-electron chi connectivity index (χ3n) is 6.78. The van der Waals surface area contributed by atoms with Crippen LogP contribution in [0, 0.1) is 0 Å². The number of allylic oxidation sites excluding steroid dienone is 1. The maximum Gasteiger partial charge on any atom is 0.337 e. The van der Waals surface area contributed by atoms with E-state index in [4.69, 9.17) is 46.9 Å². The molecule has 3 aromatic carbocycles. The second-order valence-corrected chi connectivity index (χ2v) is 11.7. The number of nitrogens with zero attached hydrogens (tertiary/aromatic N) is 1. The van der Waals surface area contributed by atoms with Crippen LogP contribution >= 0.6 is 39.1 Å². The molecule has 4 rings (SSSR count). The number of esters is 1. The first-order valence-corrected chi connectivity index (χ1v) is 15.8. The molecule has 15 heteroatoms. The number of nitrogens with one attached hydrogen (secondary N) is 3. The first-order chi connectivity index (χ1) is 22.5. The Bertz CT molecular complexity index is 1690. The fourth-order valence-electron chi connectivity index (χ4n) is 4.53. The highest BCUT2D eigenvalue weighted by Crippen LogP contribution is 2.36. The SMILES string of the molecule is CCOc1cc([C@H]2NC(=O)NC(C)=C2C(=O)OC)ccc1OC[C@@H](O)N/N=C\c1cc(OC)c(OCc2ccc(Cl)cc2Cl)cc1Br. The average Bonchev–Trinajstić information content (AvgIpc) is 3.04. The Balaban J connectivity index is 1.39. The molecule has 0 unspecified atom stereocenters. The van der Waals surface area contributed by atoms with Crippen LogP contribution < -0.4 is 35.0 Å². The monoisotopic (exact) mass is 750 g/mol. The summed E-state index contributed by atoms with van der Waals surface area (Å²) in [7, 11) is 2.79. The Hall–Kier alpha value is -4.17. The first-order valence-electron chi connectivity index (χ1n) is 14.2. The minimum atomic E-state index is -1.19. The Morgan fingerprint density at radius 3 is 2.53 bits per heavy atom. The van der Waals surface area contributed by atoms with Crippen molar-refractivity contribution in [2.24, 2.45) is 5.10 Å². The normalized spacial score (nSPS) is 15.1. The predicted octanol–water partition coefficient (Wildman–Crippen LogP) is 5.86. The molecule has 1 heterocycles. The Labute approximate surface area is 290 Å². The highest BCUT2D eigenvalue weighted by Gasteiger charge is 2.32. The van der Waals surface area contributed by atoms with E-state index < -0.39 is 24.3 Å². The molecular weight excluding hydrogens is 719 g/mol. The lowest BCUT2D eigenvalue weighted by Crippen LogP contribution is -2.45. The van der Waals surface area contributed by atoms with E-state index in [1.165, 1.54) is 20.4 Å². The number of hydrogen-bond acceptors (Lipinski definition) is 10. The van der Waals surface area contributed by atoms with E-state index in [9.17, 15) is 14.7 Å². The van der Waals surface area contributed by atoms with E-state index in [0.717, 1.165) is 5.56 Å². The third-order valence-corrected chi connectivity index (χ3v) is 8.05. The molecule has 2 atom stereocenters. The molecule has 0 aliphatic carbocycles. The summed E-state index contributed by atoms with van der Waals surface area (Å²) in [4.78, 5) is 24.6. The molecule has 3 aromatic rings. The zero-order valence-corrected chi connectivity index (χ0v) is 29.0. The molecule has 2 amide bonds. The molecule has 0 radical (unpaired) electrons. The minimum absolute atomic E-state index is 0.183. The fourth-order valence-corrected chi connectivity index (χ4v) is 5.42. The lowest BCUT2D eigenvalue weighted by molar-refractivity contribution is -0.136. The number of halogens is 3. The van der Waals surface area contributed by atoms with Crippen LogP contribution in [-0.4, -0.2) is 57.0 Å². The van der Waals surface area contributed by atoms with Gasteiger partial charge in [-0.15, -0.1) is 0 Å². The van der Waals surface area contributed by atoms with Crippen LogP contribution in [0.25, 0.3) is 0 Å². The van der Waals surface area contributed by atoms with E-state index in [1.807, 2.05) is 0 Å². The van der Waals surface area contributed by atoms with Crippen molar-refractivity contribution in [2.75, 3.05) is 27.4 Å². The molecule has 250 valence electrons. The zero-order valence-electron chi connectivity index (χ0n) is 25.9. The largest absolute Gasteiger partial charge is 0.493 e. The number of aliphatic hydroxyl groups excluding tert-OH is 1. The topological polar surface area (TPSA) is 149 Å². The van der Waals surface area contributed by atoms with Gasteiger partial charge in [0, 0.05) is 31.3 Å². The average molecular weight is 752 g/mol. The second kappa shape index (κ2) is 16.6. The summed E-state index contributed by atoms with van der Waals surface area (Å²) in [6.07, 6.45) is 0.311. The van der Waals surface area contributed by atoms with Gasteiger partial charge in [-0.3, -0.25) is 5.43 Å². The number of methoxy groups -OCH3 is 2. The van der Waals surface area contributed by atoms with Gasteiger partial charge in [0.15, 0.2) is 29.2 Å². The summed E-state index contributed by atoms with van der Waals surface area (Å²) >= 11 is 15.7. The molecule has 4 N–H and O–H groups in total. The van der Waals surface area contributed by atoms with Crippen LogP contribution in [0.3, 0.4) is 0 Å². The van der Waals surface area contributed by atoms with Crippen LogP contribution in [0.1, 0.15) is 36.6 Å². The van der Waals surface area contributed by atoms with E-state index in [1.54, 1.807) is 62.4 Å². The van der Waals surface area contributed by atoms with Gasteiger partial charge in [-0.1, -0.05) is 35.3 Å². The Morgan fingerprint density at radius 2 is 1.83 bits per heavy atom. The Kier molecular flexibility index (Phi) is 12.6. The molecule has 0 fully saturated rings. The van der Waals surface area contributed by atoms with E-state index >= 15 is 0 Å². The molecule has 0 saturated heterocycles. The molecule has 1 aliphatic heterocycles. The van der Waals surface area contributed by atoms with Crippen molar-refractivity contribution in [1.29, 1.82) is 0 Å². The number of ether oxygens (including phenoxy) is 5. The van der Waals surface area contributed by atoms with E-state index in [0.29, 0.717) is 60.9 Å². The highest BCUT2D eigenvalue weighted by atomic mass is 79.9. The standard InChI is InChI=1S/C32H33BrCl2N4O8/c1-5-45-26-10-18(30-29(31(41)44-4)17(2)37-32(42)38-30)7-9-24(26)47-16-28(40)39-36-14-20-11-25(43-3)27(13-22(20)33)46-15-19-6-8-21(34)12-23(19)35/h6-14,28,30,39-40H,5,15-16H2,1-4H3,(H2,37,38,42)/b36-14-/t28-,30-/m1/s1. The number of urea groups is 1. The van der Waals surface area contributed by atoms with Crippen LogP contribution in [0.5, 0.6) is 23.0 Å². The summed E-state index contributed by atoms with van der Waals surface area (Å²) in [6.45, 7) is 3.76. The number of carbonyl (C=O) groups is 2. The summed E-state index contributed by atoms with van der Waals surface area (Å²) in [5.41, 5.74) is 5.24. The molecule has 0 aromatic heterocycles. The fraction of sp³-hybridized carbons (Fsp3) is 0.281. The van der Waals surface area contributed by atoms with Gasteiger partial charge < -0.3 is 39.4 Å². The lowest BCUT2D eigenvalue weighted by atomic mass is 9.95. The Morgan fingerprint density at radius 1 is 1.06 bits per heavy atom. The smallest absolute Gasteiger partial charge is 0.337 e. The molecule has 0 saturated carbocycles. The third kappa shape index (κ3) is 9.22. The number of hydrogen-bond donors (Lipinski definition) is 4. The second-order valence-electron chi connectivity index (χ2n) is 9.96. The molecule has 12 nitrogen and oxygen atoms in total. The highest BCUT2D eigenvalue weighted by molar-refractivity contribution is 9.10. The first kappa shape index (κ1) is 35.7. The van der Waals surface area contributed by atoms with Gasteiger partial charge in [-0.05, 0) is 71.7 Å². The van der Waals surface area contributed by atoms with Crippen molar-refractivity contribution in [3.8, 4) is 23.0 Å². The quantitative estimate of drug-likeness (QED) is 0.0688. The maximum atomic E-state index is 12.5. The zero-order chi connectivity index (χ0) is 34.1. The van der Waals surface area contributed by atoms with Gasteiger partial charge >= 0.3 is 12.0 Å². The number of aliphatic hydroxyl groups is 1. The lowest BCUT2D eigenvalue weighted by Gasteiger charge is -2.28. The molecule has 0 bridgehead atoms. The van der Waals surface area contributed by atoms with Crippen molar-refractivity contribution < 1.29 is 38.4 Å². The van der Waals surface area contributed by atoms with Gasteiger partial charge in [0.05, 0.1) is 38.7 Å². The number of hydrazone groups is 1. The molecule has 0 spiro atoms. The van der Waals surface area contributed by atoms with E-state index in [-0.39, 0.29) is 18.8 Å². The predicted molar refractivity (Wildman–Crippen MR) is 180 cm³/mol. The van der Waals surface area contributed by atoms with Gasteiger partial charge in [0.1, 0.15) is 13.2 Å². The molecule has 1 aliphatic rings. The van der Waals surface area contributed by atoms with E-state index in [2.05, 4.69) is 37.1 Å². The molecule has 47 heavy (non-hydrogen) atoms. The number of carbonyl (C=O) groups excluding carboxylic acids is 2. The van der Waals surface area contributed by atoms with Gasteiger partial charge in [-0.25, -0.2) is 9.59 Å². The maximum absolute atomic E-state index is 12.5. The van der Waals surface area contributed by atoms with Crippen LogP contribution in [-0.2, 0) is 16.1 Å². The van der Waals surface area contributed by atoms with Crippen molar-refractivity contribution in [3.63, 3.8) is 0 Å². The summed E-state index contributed by atoms with van der Waals surface area (Å²) in [6, 6.07) is 12.4. The summed E-state index contributed by atoms with van der Waals surface area (Å²) in [5, 5.41) is 21.0. The van der Waals surface area contributed by atoms with Crippen LogP contribution in [0.4, 0.5) is 4.79 Å².